The number of nitrogens with one attached hydrogen (secondary N) is 1. The van der Waals surface area contributed by atoms with E-state index in [2.05, 4.69) is 0 Å². The maximum absolute atomic E-state index is 12.1. The number of amides is 2. The van der Waals surface area contributed by atoms with E-state index in [0.29, 0.717) is 0 Å². The molecule has 0 radical (unpaired) electrons. The summed E-state index contributed by atoms with van der Waals surface area (Å²) in [5.74, 6) is -1.21. The molecule has 0 fully saturated rings. The van der Waals surface area contributed by atoms with Gasteiger partial charge in [0, 0.05) is 13.0 Å². The zero-order valence-corrected chi connectivity index (χ0v) is 10.7. The van der Waals surface area contributed by atoms with Gasteiger partial charge in [-0.05, 0) is 18.6 Å². The van der Waals surface area contributed by atoms with Crippen LogP contribution in [0.25, 0.3) is 0 Å². The van der Waals surface area contributed by atoms with E-state index in [1.54, 1.807) is 12.1 Å². The van der Waals surface area contributed by atoms with E-state index < -0.39 is 21.8 Å². The van der Waals surface area contributed by atoms with Gasteiger partial charge in [-0.1, -0.05) is 12.1 Å². The molecule has 8 heteroatoms. The van der Waals surface area contributed by atoms with Crippen molar-refractivity contribution in [2.24, 2.45) is 0 Å². The summed E-state index contributed by atoms with van der Waals surface area (Å²) in [6.07, 6.45) is 0.0809. The van der Waals surface area contributed by atoms with Gasteiger partial charge in [-0.3, -0.25) is 14.8 Å². The Balaban J connectivity index is 2.17. The van der Waals surface area contributed by atoms with Gasteiger partial charge in [0.2, 0.25) is 5.91 Å². The average molecular weight is 284 g/mol. The van der Waals surface area contributed by atoms with Gasteiger partial charge in [0.1, 0.15) is 4.90 Å². The van der Waals surface area contributed by atoms with Crippen molar-refractivity contribution in [3.8, 4) is 0 Å². The topological polar surface area (TPSA) is 104 Å². The predicted molar refractivity (Wildman–Crippen MR) is 63.8 cm³/mol. The van der Waals surface area contributed by atoms with Gasteiger partial charge in [0.15, 0.2) is 0 Å². The molecule has 102 valence electrons. The smallest absolute Gasteiger partial charge is 0.269 e. The third-order valence-electron chi connectivity index (χ3n) is 2.80. The largest absolute Gasteiger partial charge is 0.289 e. The number of hydrogen-bond donors (Lipinski definition) is 2. The van der Waals surface area contributed by atoms with Crippen molar-refractivity contribution in [1.29, 1.82) is 0 Å². The molecule has 1 heterocycles. The van der Waals surface area contributed by atoms with Crippen LogP contribution in [0.4, 0.5) is 0 Å². The van der Waals surface area contributed by atoms with Crippen LogP contribution in [-0.2, 0) is 14.8 Å². The summed E-state index contributed by atoms with van der Waals surface area (Å²) in [6.45, 7) is -0.0940. The molecule has 7 nitrogen and oxygen atoms in total. The van der Waals surface area contributed by atoms with Gasteiger partial charge >= 0.3 is 0 Å². The number of carbonyl (C=O) groups excluding carboxylic acids is 2. The lowest BCUT2D eigenvalue weighted by atomic mass is 10.2. The summed E-state index contributed by atoms with van der Waals surface area (Å²) >= 11 is 0. The Labute approximate surface area is 109 Å². The molecule has 2 rings (SSSR count). The molecule has 0 atom stereocenters. The fourth-order valence-electron chi connectivity index (χ4n) is 1.89. The van der Waals surface area contributed by atoms with Crippen molar-refractivity contribution in [1.82, 2.24) is 9.79 Å². The molecule has 1 aliphatic heterocycles. The minimum Gasteiger partial charge on any atom is -0.289 e. The lowest BCUT2D eigenvalue weighted by Crippen LogP contribution is -2.31. The summed E-state index contributed by atoms with van der Waals surface area (Å²) in [6, 6.07) is 5.97. The van der Waals surface area contributed by atoms with Gasteiger partial charge in [0.05, 0.1) is 5.56 Å². The van der Waals surface area contributed by atoms with Crippen molar-refractivity contribution in [2.75, 3.05) is 6.54 Å². The van der Waals surface area contributed by atoms with Crippen LogP contribution in [0.5, 0.6) is 0 Å². The highest BCUT2D eigenvalue weighted by Gasteiger charge is 2.40. The fourth-order valence-corrected chi connectivity index (χ4v) is 3.50. The zero-order chi connectivity index (χ0) is 14.0. The van der Waals surface area contributed by atoms with E-state index in [0.717, 1.165) is 4.31 Å². The first-order valence-electron chi connectivity index (χ1n) is 5.57. The molecule has 0 spiro atoms. The van der Waals surface area contributed by atoms with Crippen LogP contribution in [-0.4, -0.2) is 36.3 Å². The summed E-state index contributed by atoms with van der Waals surface area (Å²) in [7, 11) is -3.81. The van der Waals surface area contributed by atoms with Gasteiger partial charge in [-0.15, -0.1) is 0 Å². The van der Waals surface area contributed by atoms with Gasteiger partial charge in [-0.25, -0.2) is 18.2 Å². The average Bonchev–Trinajstić information content (AvgIpc) is 2.60. The van der Waals surface area contributed by atoms with Crippen LogP contribution in [0.1, 0.15) is 23.2 Å². The number of hydrogen-bond acceptors (Lipinski definition) is 5. The molecule has 19 heavy (non-hydrogen) atoms. The molecule has 1 aromatic rings. The highest BCUT2D eigenvalue weighted by Crippen LogP contribution is 2.29. The molecular weight excluding hydrogens is 272 g/mol. The van der Waals surface area contributed by atoms with Crippen molar-refractivity contribution in [3.63, 3.8) is 0 Å². The lowest BCUT2D eigenvalue weighted by molar-refractivity contribution is -0.129. The third kappa shape index (κ3) is 2.32. The molecule has 0 bridgehead atoms. The maximum Gasteiger partial charge on any atom is 0.269 e. The predicted octanol–water partition coefficient (Wildman–Crippen LogP) is 0.117. The molecule has 0 aliphatic carbocycles. The maximum atomic E-state index is 12.1. The molecule has 2 amide bonds. The Bertz CT molecular complexity index is 626. The molecule has 0 aromatic heterocycles. The number of hydroxylamine groups is 1. The summed E-state index contributed by atoms with van der Waals surface area (Å²) < 4.78 is 24.9. The van der Waals surface area contributed by atoms with E-state index in [4.69, 9.17) is 5.21 Å². The Morgan fingerprint density at radius 1 is 1.32 bits per heavy atom. The molecule has 1 aliphatic rings. The van der Waals surface area contributed by atoms with Crippen LogP contribution in [0, 0.1) is 0 Å². The van der Waals surface area contributed by atoms with Crippen molar-refractivity contribution in [2.45, 2.75) is 17.7 Å². The molecular formula is C11H12N2O5S. The molecule has 0 saturated heterocycles. The number of rotatable bonds is 4. The van der Waals surface area contributed by atoms with E-state index in [-0.39, 0.29) is 29.8 Å². The van der Waals surface area contributed by atoms with E-state index >= 15 is 0 Å². The SMILES string of the molecule is O=C(CCCN1C(=O)c2ccccc2S1(=O)=O)NO. The van der Waals surface area contributed by atoms with Crippen LogP contribution < -0.4 is 5.48 Å². The van der Waals surface area contributed by atoms with Crippen LogP contribution in [0.3, 0.4) is 0 Å². The molecule has 1 aromatic carbocycles. The first-order chi connectivity index (χ1) is 8.98. The zero-order valence-electron chi connectivity index (χ0n) is 9.87. The van der Waals surface area contributed by atoms with Gasteiger partial charge in [0.25, 0.3) is 15.9 Å². The second kappa shape index (κ2) is 4.98. The second-order valence-corrected chi connectivity index (χ2v) is 5.85. The number of sulfonamides is 1. The first-order valence-corrected chi connectivity index (χ1v) is 7.01. The van der Waals surface area contributed by atoms with Crippen molar-refractivity contribution >= 4 is 21.8 Å². The second-order valence-electron chi connectivity index (χ2n) is 4.02. The number of benzene rings is 1. The Morgan fingerprint density at radius 3 is 2.63 bits per heavy atom. The normalized spacial score (nSPS) is 16.3. The minimum atomic E-state index is -3.81. The van der Waals surface area contributed by atoms with Crippen LogP contribution in [0.2, 0.25) is 0 Å². The lowest BCUT2D eigenvalue weighted by Gasteiger charge is -2.14. The van der Waals surface area contributed by atoms with Crippen LogP contribution >= 0.6 is 0 Å². The van der Waals surface area contributed by atoms with Gasteiger partial charge in [-0.2, -0.15) is 0 Å². The Kier molecular flexibility index (Phi) is 3.54. The van der Waals surface area contributed by atoms with Crippen LogP contribution in [0.15, 0.2) is 29.2 Å². The van der Waals surface area contributed by atoms with Gasteiger partial charge < -0.3 is 0 Å². The monoisotopic (exact) mass is 284 g/mol. The summed E-state index contributed by atoms with van der Waals surface area (Å²) in [4.78, 5) is 22.8. The number of fused-ring (bicyclic) bond motifs is 1. The van der Waals surface area contributed by atoms with Crippen molar-refractivity contribution in [3.05, 3.63) is 29.8 Å². The highest BCUT2D eigenvalue weighted by atomic mass is 32.2. The Morgan fingerprint density at radius 2 is 2.00 bits per heavy atom. The Hall–Kier alpha value is -1.93. The van der Waals surface area contributed by atoms with E-state index in [1.807, 2.05) is 0 Å². The summed E-state index contributed by atoms with van der Waals surface area (Å²) in [5, 5.41) is 8.33. The number of carbonyl (C=O) groups is 2. The molecule has 2 N–H and O–H groups in total. The summed E-state index contributed by atoms with van der Waals surface area (Å²) in [5.41, 5.74) is 1.59. The quantitative estimate of drug-likeness (QED) is 0.603. The van der Waals surface area contributed by atoms with E-state index in [9.17, 15) is 18.0 Å². The van der Waals surface area contributed by atoms with E-state index in [1.165, 1.54) is 17.6 Å². The molecule has 0 saturated carbocycles. The number of nitrogens with zero attached hydrogens (tertiary/aromatic N) is 1. The highest BCUT2D eigenvalue weighted by molar-refractivity contribution is 7.90. The first kappa shape index (κ1) is 13.5. The standard InChI is InChI=1S/C11H12N2O5S/c14-10(12-16)6-3-7-13-11(15)8-4-1-2-5-9(8)19(13,17)18/h1-2,4-5,16H,3,6-7H2,(H,12,14). The van der Waals surface area contributed by atoms with Crippen molar-refractivity contribution < 1.29 is 23.2 Å². The molecule has 0 unspecified atom stereocenters. The third-order valence-corrected chi connectivity index (χ3v) is 4.64. The fraction of sp³-hybridized carbons (Fsp3) is 0.273. The minimum absolute atomic E-state index is 0.00777.